The first-order valence-corrected chi connectivity index (χ1v) is 11.8. The summed E-state index contributed by atoms with van der Waals surface area (Å²) in [5.74, 6) is 0.588. The highest BCUT2D eigenvalue weighted by atomic mass is 35.5. The van der Waals surface area contributed by atoms with Crippen molar-refractivity contribution in [3.05, 3.63) is 101 Å². The normalized spacial score (nSPS) is 14.7. The number of benzene rings is 3. The summed E-state index contributed by atoms with van der Waals surface area (Å²) in [6.07, 6.45) is 11.1. The number of alkyl halides is 1. The van der Waals surface area contributed by atoms with E-state index in [-0.39, 0.29) is 0 Å². The maximum absolute atomic E-state index is 5.95. The van der Waals surface area contributed by atoms with Gasteiger partial charge >= 0.3 is 0 Å². The molecule has 2 aliphatic rings. The number of aromatic nitrogens is 2. The van der Waals surface area contributed by atoms with Crippen LogP contribution in [0.5, 0.6) is 0 Å². The van der Waals surface area contributed by atoms with Crippen molar-refractivity contribution in [2.24, 2.45) is 0 Å². The van der Waals surface area contributed by atoms with Crippen LogP contribution >= 0.6 is 11.6 Å². The highest BCUT2D eigenvalue weighted by Crippen LogP contribution is 2.39. The zero-order valence-corrected chi connectivity index (χ0v) is 19.4. The molecule has 2 nitrogen and oxygen atoms in total. The van der Waals surface area contributed by atoms with Crippen LogP contribution in [0.3, 0.4) is 0 Å². The van der Waals surface area contributed by atoms with Gasteiger partial charge in [-0.25, -0.2) is 9.97 Å². The van der Waals surface area contributed by atoms with Crippen molar-refractivity contribution in [3.8, 4) is 0 Å². The fourth-order valence-corrected chi connectivity index (χ4v) is 5.04. The molecule has 0 saturated heterocycles. The molecule has 0 saturated carbocycles. The summed E-state index contributed by atoms with van der Waals surface area (Å²) in [5.41, 5.74) is 10.6. The molecule has 0 N–H and O–H groups in total. The molecule has 0 amide bonds. The van der Waals surface area contributed by atoms with Gasteiger partial charge in [-0.3, -0.25) is 0 Å². The highest BCUT2D eigenvalue weighted by Gasteiger charge is 2.20. The number of nitrogens with zero attached hydrogens (tertiary/aromatic N) is 2. The molecular weight excluding hydrogens is 412 g/mol. The van der Waals surface area contributed by atoms with E-state index in [1.807, 2.05) is 6.92 Å². The molecule has 0 bridgehead atoms. The first-order chi connectivity index (χ1) is 15.6. The average Bonchev–Trinajstić information content (AvgIpc) is 2.83. The van der Waals surface area contributed by atoms with E-state index < -0.39 is 0 Å². The molecule has 1 heterocycles. The number of hydrogen-bond acceptors (Lipinski definition) is 2. The molecule has 3 aromatic carbocycles. The minimum absolute atomic E-state index is 0.588. The van der Waals surface area contributed by atoms with Crippen LogP contribution in [0.4, 0.5) is 0 Å². The number of hydrogen-bond donors (Lipinski definition) is 0. The van der Waals surface area contributed by atoms with Crippen molar-refractivity contribution < 1.29 is 0 Å². The van der Waals surface area contributed by atoms with Crippen molar-refractivity contribution in [3.63, 3.8) is 0 Å². The quantitative estimate of drug-likeness (QED) is 0.282. The van der Waals surface area contributed by atoms with Gasteiger partial charge in [0.1, 0.15) is 6.33 Å². The number of aryl methyl sites for hydroxylation is 3. The summed E-state index contributed by atoms with van der Waals surface area (Å²) in [5, 5.41) is 3.87. The molecule has 2 aliphatic carbocycles. The third-order valence-corrected chi connectivity index (χ3v) is 6.90. The lowest BCUT2D eigenvalue weighted by Gasteiger charge is -2.25. The monoisotopic (exact) mass is 438 g/mol. The number of rotatable bonds is 1. The average molecular weight is 439 g/mol. The molecule has 32 heavy (non-hydrogen) atoms. The summed E-state index contributed by atoms with van der Waals surface area (Å²) in [6.45, 7) is 4.07. The Morgan fingerprint density at radius 1 is 0.875 bits per heavy atom. The Morgan fingerprint density at radius 3 is 2.62 bits per heavy atom. The van der Waals surface area contributed by atoms with E-state index in [4.69, 9.17) is 11.6 Å². The van der Waals surface area contributed by atoms with Crippen LogP contribution in [-0.4, -0.2) is 9.97 Å². The van der Waals surface area contributed by atoms with Crippen molar-refractivity contribution in [1.29, 1.82) is 0 Å². The minimum Gasteiger partial charge on any atom is -0.241 e. The maximum atomic E-state index is 5.95. The van der Waals surface area contributed by atoms with Crippen LogP contribution in [0.25, 0.3) is 27.2 Å². The summed E-state index contributed by atoms with van der Waals surface area (Å²) < 4.78 is 0. The van der Waals surface area contributed by atoms with E-state index in [2.05, 4.69) is 77.6 Å². The molecule has 0 radical (unpaired) electrons. The van der Waals surface area contributed by atoms with E-state index >= 15 is 0 Å². The maximum Gasteiger partial charge on any atom is 0.116 e. The number of fused-ring (bicyclic) bond motifs is 5. The molecule has 0 atom stereocenters. The Bertz CT molecular complexity index is 1380. The Kier molecular flexibility index (Phi) is 5.80. The predicted octanol–water partition coefficient (Wildman–Crippen LogP) is 7.88. The fraction of sp³-hybridized carbons (Fsp3) is 0.241. The second-order valence-corrected chi connectivity index (χ2v) is 8.99. The molecule has 160 valence electrons. The predicted molar refractivity (Wildman–Crippen MR) is 136 cm³/mol. The van der Waals surface area contributed by atoms with Gasteiger partial charge in [0.2, 0.25) is 0 Å². The van der Waals surface area contributed by atoms with Crippen LogP contribution in [-0.2, 0) is 12.3 Å². The summed E-state index contributed by atoms with van der Waals surface area (Å²) in [7, 11) is 0. The Labute approximate surface area is 194 Å². The first kappa shape index (κ1) is 20.9. The summed E-state index contributed by atoms with van der Waals surface area (Å²) in [6, 6.07) is 17.4. The molecule has 1 aromatic heterocycles. The fourth-order valence-electron chi connectivity index (χ4n) is 4.88. The number of halogens is 1. The van der Waals surface area contributed by atoms with Gasteiger partial charge in [-0.1, -0.05) is 54.1 Å². The minimum atomic E-state index is 0.588. The summed E-state index contributed by atoms with van der Waals surface area (Å²) in [4.78, 5) is 8.32. The van der Waals surface area contributed by atoms with Crippen molar-refractivity contribution >= 4 is 38.8 Å². The Morgan fingerprint density at radius 2 is 1.75 bits per heavy atom. The molecule has 0 unspecified atom stereocenters. The van der Waals surface area contributed by atoms with E-state index in [1.54, 1.807) is 11.9 Å². The second kappa shape index (κ2) is 8.88. The van der Waals surface area contributed by atoms with E-state index in [0.717, 1.165) is 16.6 Å². The molecule has 6 rings (SSSR count). The Balaban J connectivity index is 0.000000154. The zero-order chi connectivity index (χ0) is 22.1. The van der Waals surface area contributed by atoms with Crippen LogP contribution < -0.4 is 0 Å². The molecular formula is C29H27ClN2. The van der Waals surface area contributed by atoms with Gasteiger partial charge in [-0.2, -0.15) is 0 Å². The molecule has 3 heteroatoms. The van der Waals surface area contributed by atoms with Crippen molar-refractivity contribution in [2.45, 2.75) is 45.4 Å². The molecule has 0 spiro atoms. The highest BCUT2D eigenvalue weighted by molar-refractivity contribution is 6.17. The number of allylic oxidation sites excluding steroid dienone is 4. The van der Waals surface area contributed by atoms with Crippen LogP contribution in [0.1, 0.15) is 47.2 Å². The summed E-state index contributed by atoms with van der Waals surface area (Å²) >= 11 is 5.95. The van der Waals surface area contributed by atoms with Gasteiger partial charge in [0, 0.05) is 17.0 Å². The van der Waals surface area contributed by atoms with Gasteiger partial charge in [0.15, 0.2) is 0 Å². The van der Waals surface area contributed by atoms with Gasteiger partial charge < -0.3 is 0 Å². The van der Waals surface area contributed by atoms with Gasteiger partial charge in [0.05, 0.1) is 5.52 Å². The van der Waals surface area contributed by atoms with E-state index in [9.17, 15) is 0 Å². The lowest BCUT2D eigenvalue weighted by molar-refractivity contribution is 0.831. The Hall–Kier alpha value is -2.97. The molecule has 0 aliphatic heterocycles. The van der Waals surface area contributed by atoms with Gasteiger partial charge in [-0.05, 0) is 90.3 Å². The zero-order valence-electron chi connectivity index (χ0n) is 18.7. The lowest BCUT2D eigenvalue weighted by atomic mass is 9.79. The molecule has 4 aromatic rings. The van der Waals surface area contributed by atoms with Crippen LogP contribution in [0.15, 0.2) is 72.6 Å². The van der Waals surface area contributed by atoms with E-state index in [1.165, 1.54) is 64.3 Å². The second-order valence-electron chi connectivity index (χ2n) is 8.72. The topological polar surface area (TPSA) is 25.8 Å². The molecule has 0 fully saturated rings. The first-order valence-electron chi connectivity index (χ1n) is 11.3. The standard InChI is InChI=1S/C19H17Cl.C10H10N2/c20-12-13-5-8-17-15(11-13)7-10-18-16-4-2-1-3-14(16)6-9-19(17)18;1-7-3-4-9-8(2)11-6-12-10(9)5-7/h2,4-5,7-8,10-11H,1,3,6,9,12H2;3-6H,1-2H3. The third-order valence-electron chi connectivity index (χ3n) is 6.59. The van der Waals surface area contributed by atoms with E-state index in [0.29, 0.717) is 5.88 Å². The van der Waals surface area contributed by atoms with Crippen molar-refractivity contribution in [1.82, 2.24) is 9.97 Å². The largest absolute Gasteiger partial charge is 0.241 e. The van der Waals surface area contributed by atoms with Crippen LogP contribution in [0, 0.1) is 13.8 Å². The third kappa shape index (κ3) is 3.96. The van der Waals surface area contributed by atoms with Crippen molar-refractivity contribution in [2.75, 3.05) is 0 Å². The SMILES string of the molecule is Cc1ccc2c(C)ncnc2c1.ClCc1ccc2c3c(ccc2c1)C1=C(CCC=C1)CC3. The van der Waals surface area contributed by atoms with Gasteiger partial charge in [-0.15, -0.1) is 11.6 Å². The van der Waals surface area contributed by atoms with Crippen LogP contribution in [0.2, 0.25) is 0 Å². The smallest absolute Gasteiger partial charge is 0.116 e. The van der Waals surface area contributed by atoms with Gasteiger partial charge in [0.25, 0.3) is 0 Å². The lowest BCUT2D eigenvalue weighted by Crippen LogP contribution is -2.07.